The highest BCUT2D eigenvalue weighted by atomic mass is 16.5. The number of aliphatic hydroxyl groups is 1. The number of aliphatic hydroxyl groups excluding tert-OH is 1. The van der Waals surface area contributed by atoms with Gasteiger partial charge >= 0.3 is 0 Å². The van der Waals surface area contributed by atoms with Gasteiger partial charge < -0.3 is 14.6 Å². The minimum absolute atomic E-state index is 0.0753. The van der Waals surface area contributed by atoms with Crippen molar-refractivity contribution in [2.24, 2.45) is 5.11 Å². The fraction of sp³-hybridized carbons (Fsp3) is 0.400. The zero-order chi connectivity index (χ0) is 11.3. The molecule has 0 bridgehead atoms. The van der Waals surface area contributed by atoms with E-state index in [0.29, 0.717) is 17.2 Å². The number of nitrogens with one attached hydrogen (secondary N) is 1. The molecule has 1 aromatic carbocycles. The van der Waals surface area contributed by atoms with E-state index in [9.17, 15) is 0 Å². The highest BCUT2D eigenvalue weighted by molar-refractivity contribution is 5.60. The number of nitrogens with zero attached hydrogens (tertiary/aromatic N) is 1. The maximum Gasteiger partial charge on any atom is 0.153 e. The molecule has 0 saturated carbocycles. The van der Waals surface area contributed by atoms with Gasteiger partial charge in [-0.05, 0) is 19.1 Å². The summed E-state index contributed by atoms with van der Waals surface area (Å²) in [5.41, 5.74) is 8.20. The van der Waals surface area contributed by atoms with Gasteiger partial charge in [-0.1, -0.05) is 0 Å². The van der Waals surface area contributed by atoms with Gasteiger partial charge in [-0.2, -0.15) is 5.11 Å². The van der Waals surface area contributed by atoms with Crippen molar-refractivity contribution < 1.29 is 14.6 Å². The number of rotatable bonds is 5. The molecule has 0 saturated heterocycles. The number of hydrogen-bond donors (Lipinski definition) is 2. The van der Waals surface area contributed by atoms with Crippen molar-refractivity contribution in [1.82, 2.24) is 0 Å². The molecule has 5 heteroatoms. The van der Waals surface area contributed by atoms with Crippen LogP contribution in [0.15, 0.2) is 17.2 Å². The first-order valence-corrected chi connectivity index (χ1v) is 4.53. The minimum Gasteiger partial charge on any atom is -0.496 e. The molecule has 0 aromatic heterocycles. The van der Waals surface area contributed by atoms with Crippen LogP contribution in [0.4, 0.5) is 5.69 Å². The van der Waals surface area contributed by atoms with E-state index in [4.69, 9.17) is 20.1 Å². The molecule has 0 heterocycles. The molecule has 0 aliphatic heterocycles. The maximum absolute atomic E-state index is 8.67. The first-order valence-electron chi connectivity index (χ1n) is 4.53. The molecule has 0 radical (unpaired) electrons. The van der Waals surface area contributed by atoms with Crippen LogP contribution in [0.25, 0.3) is 0 Å². The lowest BCUT2D eigenvalue weighted by molar-refractivity contribution is 0.200. The van der Waals surface area contributed by atoms with Gasteiger partial charge in [0.15, 0.2) is 5.75 Å². The number of ether oxygens (including phenoxy) is 2. The second kappa shape index (κ2) is 5.31. The number of methoxy groups -OCH3 is 1. The summed E-state index contributed by atoms with van der Waals surface area (Å²) in [5.74, 6) is 1.16. The Labute approximate surface area is 88.1 Å². The van der Waals surface area contributed by atoms with Crippen molar-refractivity contribution >= 4 is 5.69 Å². The molecule has 0 fully saturated rings. The minimum atomic E-state index is -0.0753. The van der Waals surface area contributed by atoms with Gasteiger partial charge in [-0.3, -0.25) is 0 Å². The van der Waals surface area contributed by atoms with E-state index in [1.54, 1.807) is 19.2 Å². The number of benzene rings is 1. The quantitative estimate of drug-likeness (QED) is 0.730. The van der Waals surface area contributed by atoms with E-state index in [1.807, 2.05) is 6.92 Å². The Morgan fingerprint density at radius 2 is 2.20 bits per heavy atom. The lowest BCUT2D eigenvalue weighted by Gasteiger charge is -2.12. The fourth-order valence-electron chi connectivity index (χ4n) is 1.30. The Kier molecular flexibility index (Phi) is 4.05. The highest BCUT2D eigenvalue weighted by Gasteiger charge is 2.11. The summed E-state index contributed by atoms with van der Waals surface area (Å²) >= 11 is 0. The molecular formula is C10H14N2O3. The molecule has 15 heavy (non-hydrogen) atoms. The lowest BCUT2D eigenvalue weighted by Crippen LogP contribution is -2.03. The lowest BCUT2D eigenvalue weighted by atomic mass is 10.1. The summed E-state index contributed by atoms with van der Waals surface area (Å²) < 4.78 is 10.4. The van der Waals surface area contributed by atoms with Crippen molar-refractivity contribution in [3.63, 3.8) is 0 Å². The summed E-state index contributed by atoms with van der Waals surface area (Å²) in [5, 5.41) is 12.0. The third kappa shape index (κ3) is 2.44. The average Bonchev–Trinajstić information content (AvgIpc) is 2.27. The summed E-state index contributed by atoms with van der Waals surface area (Å²) in [6.45, 7) is 1.92. The standard InChI is InChI=1S/C10H14N2O3/c1-7-9(14-2)4-3-8(12-11)10(7)15-6-5-13/h3-4,11,13H,5-6H2,1-2H3. The van der Waals surface area contributed by atoms with E-state index < -0.39 is 0 Å². The maximum atomic E-state index is 8.67. The predicted molar refractivity (Wildman–Crippen MR) is 55.1 cm³/mol. The van der Waals surface area contributed by atoms with Gasteiger partial charge in [0.1, 0.15) is 18.0 Å². The van der Waals surface area contributed by atoms with Gasteiger partial charge in [0.25, 0.3) is 0 Å². The van der Waals surface area contributed by atoms with Gasteiger partial charge in [0.2, 0.25) is 0 Å². The van der Waals surface area contributed by atoms with Gasteiger partial charge in [0, 0.05) is 5.56 Å². The molecule has 0 unspecified atom stereocenters. The summed E-state index contributed by atoms with van der Waals surface area (Å²) in [6.07, 6.45) is 0. The largest absolute Gasteiger partial charge is 0.496 e. The van der Waals surface area contributed by atoms with E-state index in [2.05, 4.69) is 5.11 Å². The van der Waals surface area contributed by atoms with E-state index in [1.165, 1.54) is 0 Å². The van der Waals surface area contributed by atoms with Crippen molar-refractivity contribution in [2.45, 2.75) is 6.92 Å². The molecule has 0 aliphatic carbocycles. The molecule has 2 N–H and O–H groups in total. The third-order valence-corrected chi connectivity index (χ3v) is 2.01. The molecule has 0 aliphatic rings. The van der Waals surface area contributed by atoms with Gasteiger partial charge in [-0.15, -0.1) is 0 Å². The van der Waals surface area contributed by atoms with Crippen LogP contribution in [0.3, 0.4) is 0 Å². The Hall–Kier alpha value is -1.62. The fourth-order valence-corrected chi connectivity index (χ4v) is 1.30. The topological polar surface area (TPSA) is 74.9 Å². The van der Waals surface area contributed by atoms with Crippen LogP contribution in [0, 0.1) is 12.5 Å². The first-order chi connectivity index (χ1) is 7.24. The van der Waals surface area contributed by atoms with Crippen LogP contribution in [0.1, 0.15) is 5.56 Å². The van der Waals surface area contributed by atoms with Crippen LogP contribution in [0.2, 0.25) is 0 Å². The normalized spacial score (nSPS) is 9.80. The average molecular weight is 210 g/mol. The molecule has 0 spiro atoms. The monoisotopic (exact) mass is 210 g/mol. The molecule has 5 nitrogen and oxygen atoms in total. The molecule has 1 rings (SSSR count). The van der Waals surface area contributed by atoms with Crippen molar-refractivity contribution in [1.29, 1.82) is 5.53 Å². The van der Waals surface area contributed by atoms with Crippen LogP contribution in [-0.2, 0) is 0 Å². The zero-order valence-corrected chi connectivity index (χ0v) is 8.78. The van der Waals surface area contributed by atoms with Crippen LogP contribution >= 0.6 is 0 Å². The van der Waals surface area contributed by atoms with Crippen molar-refractivity contribution in [2.75, 3.05) is 20.3 Å². The molecule has 0 atom stereocenters. The first kappa shape index (κ1) is 11.5. The molecule has 82 valence electrons. The Morgan fingerprint density at radius 1 is 1.47 bits per heavy atom. The molecule has 1 aromatic rings. The second-order valence-corrected chi connectivity index (χ2v) is 2.92. The van der Waals surface area contributed by atoms with Crippen LogP contribution < -0.4 is 9.47 Å². The van der Waals surface area contributed by atoms with Gasteiger partial charge in [-0.25, -0.2) is 5.53 Å². The smallest absolute Gasteiger partial charge is 0.153 e. The second-order valence-electron chi connectivity index (χ2n) is 2.92. The van der Waals surface area contributed by atoms with Gasteiger partial charge in [0.05, 0.1) is 13.7 Å². The Morgan fingerprint density at radius 3 is 2.73 bits per heavy atom. The zero-order valence-electron chi connectivity index (χ0n) is 8.78. The predicted octanol–water partition coefficient (Wildman–Crippen LogP) is 2.04. The van der Waals surface area contributed by atoms with E-state index >= 15 is 0 Å². The third-order valence-electron chi connectivity index (χ3n) is 2.01. The summed E-state index contributed by atoms with van der Waals surface area (Å²) in [6, 6.07) is 3.38. The summed E-state index contributed by atoms with van der Waals surface area (Å²) in [4.78, 5) is 0. The van der Waals surface area contributed by atoms with E-state index in [-0.39, 0.29) is 13.2 Å². The SMILES string of the molecule is COc1ccc(N=N)c(OCCO)c1C. The van der Waals surface area contributed by atoms with Crippen molar-refractivity contribution in [3.8, 4) is 11.5 Å². The molecule has 0 amide bonds. The highest BCUT2D eigenvalue weighted by Crippen LogP contribution is 2.36. The summed E-state index contributed by atoms with van der Waals surface area (Å²) in [7, 11) is 1.57. The Balaban J connectivity index is 3.10. The van der Waals surface area contributed by atoms with E-state index in [0.717, 1.165) is 5.56 Å². The van der Waals surface area contributed by atoms with Crippen molar-refractivity contribution in [3.05, 3.63) is 17.7 Å². The van der Waals surface area contributed by atoms with Crippen LogP contribution in [0.5, 0.6) is 11.5 Å². The molecular weight excluding hydrogens is 196 g/mol. The van der Waals surface area contributed by atoms with Crippen LogP contribution in [-0.4, -0.2) is 25.4 Å². The Bertz CT molecular complexity index is 353. The number of hydrogen-bond acceptors (Lipinski definition) is 5.